The Kier molecular flexibility index (Phi) is 7.20. The summed E-state index contributed by atoms with van der Waals surface area (Å²) in [5.74, 6) is 0.782. The van der Waals surface area contributed by atoms with Gasteiger partial charge in [-0.2, -0.15) is 0 Å². The predicted molar refractivity (Wildman–Crippen MR) is 58.9 cm³/mol. The summed E-state index contributed by atoms with van der Waals surface area (Å²) >= 11 is 5.63. The summed E-state index contributed by atoms with van der Waals surface area (Å²) < 4.78 is 5.68. The molecule has 74 valence electrons. The Balaban J connectivity index is 3.76. The van der Waals surface area contributed by atoms with Crippen LogP contribution in [0.5, 0.6) is 0 Å². The maximum absolute atomic E-state index is 5.68. The maximum Gasteiger partial charge on any atom is 0.146 e. The summed E-state index contributed by atoms with van der Waals surface area (Å²) in [5, 5.41) is 0. The van der Waals surface area contributed by atoms with Crippen molar-refractivity contribution in [2.75, 3.05) is 5.88 Å². The molecule has 0 unspecified atom stereocenters. The highest BCUT2D eigenvalue weighted by atomic mass is 35.5. The molecule has 0 rings (SSSR count). The quantitative estimate of drug-likeness (QED) is 0.354. The van der Waals surface area contributed by atoms with Gasteiger partial charge in [-0.25, -0.2) is 0 Å². The summed E-state index contributed by atoms with van der Waals surface area (Å²) in [6, 6.07) is 0. The van der Waals surface area contributed by atoms with E-state index < -0.39 is 0 Å². The fourth-order valence-corrected chi connectivity index (χ4v) is 2.51. The molecule has 3 heteroatoms. The van der Waals surface area contributed by atoms with Gasteiger partial charge in [-0.15, -0.1) is 11.6 Å². The first-order valence-corrected chi connectivity index (χ1v) is 6.21. The molecule has 1 nitrogen and oxygen atoms in total. The van der Waals surface area contributed by atoms with Gasteiger partial charge in [-0.1, -0.05) is 13.8 Å². The normalized spacial score (nSPS) is 12.2. The van der Waals surface area contributed by atoms with Crippen molar-refractivity contribution in [3.8, 4) is 0 Å². The van der Waals surface area contributed by atoms with Crippen molar-refractivity contribution < 1.29 is 4.43 Å². The van der Waals surface area contributed by atoms with Crippen LogP contribution in [-0.2, 0) is 4.43 Å². The molecule has 0 bridgehead atoms. The minimum atomic E-state index is 0.179. The molecule has 0 aromatic rings. The van der Waals surface area contributed by atoms with E-state index in [0.717, 1.165) is 35.6 Å². The summed E-state index contributed by atoms with van der Waals surface area (Å²) in [4.78, 5) is 0. The van der Waals surface area contributed by atoms with Crippen LogP contribution >= 0.6 is 11.6 Å². The molecular weight excluding hydrogens is 188 g/mol. The van der Waals surface area contributed by atoms with E-state index >= 15 is 0 Å². The summed E-state index contributed by atoms with van der Waals surface area (Å²) in [7, 11) is 0.851. The highest BCUT2D eigenvalue weighted by Crippen LogP contribution is 2.25. The lowest BCUT2D eigenvalue weighted by Crippen LogP contribution is -2.30. The number of unbranched alkanes of at least 4 members (excludes halogenated alkanes) is 1. The van der Waals surface area contributed by atoms with Crippen molar-refractivity contribution in [1.29, 1.82) is 0 Å². The Hall–Kier alpha value is 0.467. The molecule has 0 saturated heterocycles. The van der Waals surface area contributed by atoms with Gasteiger partial charge in [0.25, 0.3) is 0 Å². The molecule has 0 N–H and O–H groups in total. The smallest absolute Gasteiger partial charge is 0.146 e. The van der Waals surface area contributed by atoms with Crippen LogP contribution < -0.4 is 0 Å². The molecule has 0 aliphatic carbocycles. The van der Waals surface area contributed by atoms with E-state index in [1.165, 1.54) is 12.8 Å². The maximum atomic E-state index is 5.68. The molecule has 0 aromatic heterocycles. The standard InChI is InChI=1S/C9H21ClOSi/c1-3-9(4-2,11-12)7-5-6-8-10/h3-8H2,1-2,12H3. The van der Waals surface area contributed by atoms with Crippen LogP contribution in [-0.4, -0.2) is 22.0 Å². The zero-order valence-corrected chi connectivity index (χ0v) is 11.3. The lowest BCUT2D eigenvalue weighted by atomic mass is 9.91. The molecule has 0 radical (unpaired) electrons. The topological polar surface area (TPSA) is 9.23 Å². The van der Waals surface area contributed by atoms with Gasteiger partial charge >= 0.3 is 0 Å². The zero-order valence-electron chi connectivity index (χ0n) is 8.53. The third-order valence-corrected chi connectivity index (χ3v) is 3.87. The van der Waals surface area contributed by atoms with Crippen LogP contribution in [0.25, 0.3) is 0 Å². The fourth-order valence-electron chi connectivity index (χ4n) is 1.54. The van der Waals surface area contributed by atoms with Crippen molar-refractivity contribution in [2.45, 2.75) is 51.6 Å². The SMILES string of the molecule is CCC(CC)(CCCCCl)O[SiH3]. The third-order valence-electron chi connectivity index (χ3n) is 2.74. The summed E-state index contributed by atoms with van der Waals surface area (Å²) in [6.07, 6.45) is 5.77. The second kappa shape index (κ2) is 6.93. The van der Waals surface area contributed by atoms with E-state index in [0.29, 0.717) is 0 Å². The Morgan fingerprint density at radius 2 is 1.83 bits per heavy atom. The van der Waals surface area contributed by atoms with Gasteiger partial charge in [0.1, 0.15) is 10.5 Å². The predicted octanol–water partition coefficient (Wildman–Crippen LogP) is 2.25. The minimum Gasteiger partial charge on any atom is -0.422 e. The van der Waals surface area contributed by atoms with Crippen LogP contribution in [0, 0.1) is 0 Å². The average Bonchev–Trinajstić information content (AvgIpc) is 2.14. The lowest BCUT2D eigenvalue weighted by Gasteiger charge is -2.31. The Morgan fingerprint density at radius 3 is 2.17 bits per heavy atom. The van der Waals surface area contributed by atoms with E-state index in [4.69, 9.17) is 16.0 Å². The highest BCUT2D eigenvalue weighted by molar-refractivity contribution is 6.17. The molecule has 0 fully saturated rings. The van der Waals surface area contributed by atoms with E-state index in [1.807, 2.05) is 0 Å². The van der Waals surface area contributed by atoms with Crippen molar-refractivity contribution in [1.82, 2.24) is 0 Å². The average molecular weight is 209 g/mol. The summed E-state index contributed by atoms with van der Waals surface area (Å²) in [5.41, 5.74) is 0.179. The molecule has 0 heterocycles. The van der Waals surface area contributed by atoms with Gasteiger partial charge in [-0.3, -0.25) is 0 Å². The van der Waals surface area contributed by atoms with Crippen LogP contribution in [0.3, 0.4) is 0 Å². The second-order valence-electron chi connectivity index (χ2n) is 3.24. The Labute approximate surface area is 84.4 Å². The number of hydrogen-bond donors (Lipinski definition) is 0. The van der Waals surface area contributed by atoms with Crippen LogP contribution in [0.15, 0.2) is 0 Å². The van der Waals surface area contributed by atoms with E-state index in [1.54, 1.807) is 0 Å². The number of halogens is 1. The zero-order chi connectivity index (χ0) is 9.45. The molecule has 0 saturated carbocycles. The number of rotatable bonds is 7. The van der Waals surface area contributed by atoms with Crippen molar-refractivity contribution in [3.05, 3.63) is 0 Å². The van der Waals surface area contributed by atoms with E-state index in [-0.39, 0.29) is 5.60 Å². The van der Waals surface area contributed by atoms with Crippen molar-refractivity contribution in [2.24, 2.45) is 0 Å². The van der Waals surface area contributed by atoms with Crippen LogP contribution in [0.4, 0.5) is 0 Å². The molecule has 0 atom stereocenters. The lowest BCUT2D eigenvalue weighted by molar-refractivity contribution is 0.0589. The number of hydrogen-bond acceptors (Lipinski definition) is 1. The monoisotopic (exact) mass is 208 g/mol. The Bertz CT molecular complexity index is 96.4. The van der Waals surface area contributed by atoms with E-state index in [2.05, 4.69) is 13.8 Å². The van der Waals surface area contributed by atoms with Gasteiger partial charge < -0.3 is 4.43 Å². The molecule has 0 spiro atoms. The molecule has 0 aliphatic rings. The van der Waals surface area contributed by atoms with Gasteiger partial charge in [-0.05, 0) is 32.1 Å². The summed E-state index contributed by atoms with van der Waals surface area (Å²) in [6.45, 7) is 4.42. The second-order valence-corrected chi connectivity index (χ2v) is 4.03. The van der Waals surface area contributed by atoms with Gasteiger partial charge in [0.2, 0.25) is 0 Å². The van der Waals surface area contributed by atoms with Gasteiger partial charge in [0.15, 0.2) is 0 Å². The molecule has 0 aromatic carbocycles. The molecule has 0 amide bonds. The van der Waals surface area contributed by atoms with Crippen molar-refractivity contribution >= 4 is 22.1 Å². The Morgan fingerprint density at radius 1 is 1.25 bits per heavy atom. The first-order chi connectivity index (χ1) is 5.74. The molecule has 12 heavy (non-hydrogen) atoms. The first kappa shape index (κ1) is 12.5. The number of alkyl halides is 1. The first-order valence-electron chi connectivity index (χ1n) is 4.85. The van der Waals surface area contributed by atoms with Gasteiger partial charge in [0, 0.05) is 5.88 Å². The largest absolute Gasteiger partial charge is 0.422 e. The van der Waals surface area contributed by atoms with Gasteiger partial charge in [0.05, 0.1) is 5.60 Å². The molecular formula is C9H21ClOSi. The fraction of sp³-hybridized carbons (Fsp3) is 1.00. The highest BCUT2D eigenvalue weighted by Gasteiger charge is 2.23. The third kappa shape index (κ3) is 3.92. The van der Waals surface area contributed by atoms with Crippen LogP contribution in [0.2, 0.25) is 0 Å². The van der Waals surface area contributed by atoms with E-state index in [9.17, 15) is 0 Å². The minimum absolute atomic E-state index is 0.179. The van der Waals surface area contributed by atoms with Crippen LogP contribution in [0.1, 0.15) is 46.0 Å². The van der Waals surface area contributed by atoms with Crippen molar-refractivity contribution in [3.63, 3.8) is 0 Å². The molecule has 0 aliphatic heterocycles.